The molecule has 1 unspecified atom stereocenters. The van der Waals surface area contributed by atoms with Crippen LogP contribution in [-0.4, -0.2) is 28.3 Å². The van der Waals surface area contributed by atoms with Crippen molar-refractivity contribution < 1.29 is 0 Å². The largest absolute Gasteiger partial charge is 0.348 e. The van der Waals surface area contributed by atoms with Gasteiger partial charge in [0.2, 0.25) is 0 Å². The molecule has 0 fully saturated rings. The SMILES string of the molecule is CC(C)N1C=C(C(C)(C)C)N2N=CC=C(C(C)(C)C)C21. The van der Waals surface area contributed by atoms with E-state index in [0.29, 0.717) is 6.04 Å². The fourth-order valence-corrected chi connectivity index (χ4v) is 2.82. The van der Waals surface area contributed by atoms with Gasteiger partial charge in [-0.2, -0.15) is 5.10 Å². The van der Waals surface area contributed by atoms with Gasteiger partial charge < -0.3 is 4.90 Å². The summed E-state index contributed by atoms with van der Waals surface area (Å²) < 4.78 is 0. The van der Waals surface area contributed by atoms with Gasteiger partial charge in [-0.25, -0.2) is 5.01 Å². The van der Waals surface area contributed by atoms with Crippen LogP contribution in [0.2, 0.25) is 0 Å². The van der Waals surface area contributed by atoms with E-state index in [2.05, 4.69) is 82.7 Å². The second-order valence-electron chi connectivity index (χ2n) is 8.16. The molecule has 0 aromatic carbocycles. The second kappa shape index (κ2) is 4.64. The van der Waals surface area contributed by atoms with Crippen molar-refractivity contribution in [3.8, 4) is 0 Å². The molecule has 0 saturated carbocycles. The number of nitrogens with zero attached hydrogens (tertiary/aromatic N) is 3. The zero-order chi connectivity index (χ0) is 15.3. The maximum absolute atomic E-state index is 4.66. The van der Waals surface area contributed by atoms with E-state index in [4.69, 9.17) is 0 Å². The summed E-state index contributed by atoms with van der Waals surface area (Å²) in [5.41, 5.74) is 2.96. The summed E-state index contributed by atoms with van der Waals surface area (Å²) in [7, 11) is 0. The number of allylic oxidation sites excluding steroid dienone is 2. The summed E-state index contributed by atoms with van der Waals surface area (Å²) in [5, 5.41) is 6.87. The van der Waals surface area contributed by atoms with Crippen LogP contribution in [0.25, 0.3) is 0 Å². The third-order valence-electron chi connectivity index (χ3n) is 3.99. The molecule has 0 aromatic heterocycles. The number of rotatable bonds is 1. The molecule has 0 aromatic rings. The number of fused-ring (bicyclic) bond motifs is 1. The Morgan fingerprint density at radius 2 is 1.65 bits per heavy atom. The molecular formula is C17H29N3. The van der Waals surface area contributed by atoms with E-state index >= 15 is 0 Å². The van der Waals surface area contributed by atoms with Crippen LogP contribution in [0, 0.1) is 10.8 Å². The predicted molar refractivity (Wildman–Crippen MR) is 86.2 cm³/mol. The van der Waals surface area contributed by atoms with Gasteiger partial charge >= 0.3 is 0 Å². The summed E-state index contributed by atoms with van der Waals surface area (Å²) in [4.78, 5) is 2.44. The Labute approximate surface area is 124 Å². The summed E-state index contributed by atoms with van der Waals surface area (Å²) in [5.74, 6) is 0. The van der Waals surface area contributed by atoms with Crippen molar-refractivity contribution >= 4 is 6.21 Å². The number of hydrogen-bond donors (Lipinski definition) is 0. The van der Waals surface area contributed by atoms with Gasteiger partial charge in [-0.3, -0.25) is 0 Å². The van der Waals surface area contributed by atoms with Crippen LogP contribution < -0.4 is 0 Å². The van der Waals surface area contributed by atoms with Gasteiger partial charge in [0.15, 0.2) is 0 Å². The highest BCUT2D eigenvalue weighted by Crippen LogP contribution is 2.44. The monoisotopic (exact) mass is 275 g/mol. The minimum atomic E-state index is 0.0968. The third-order valence-corrected chi connectivity index (χ3v) is 3.99. The molecule has 2 rings (SSSR count). The first kappa shape index (κ1) is 15.1. The maximum Gasteiger partial charge on any atom is 0.146 e. The molecule has 112 valence electrons. The molecule has 2 heterocycles. The molecule has 0 spiro atoms. The van der Waals surface area contributed by atoms with E-state index in [1.807, 2.05) is 6.21 Å². The zero-order valence-electron chi connectivity index (χ0n) is 14.2. The fourth-order valence-electron chi connectivity index (χ4n) is 2.82. The van der Waals surface area contributed by atoms with Crippen molar-refractivity contribution in [3.63, 3.8) is 0 Å². The van der Waals surface area contributed by atoms with Gasteiger partial charge in [-0.15, -0.1) is 0 Å². The molecule has 0 bridgehead atoms. The van der Waals surface area contributed by atoms with Gasteiger partial charge in [0, 0.05) is 23.9 Å². The van der Waals surface area contributed by atoms with Crippen LogP contribution in [0.3, 0.4) is 0 Å². The van der Waals surface area contributed by atoms with Gasteiger partial charge in [-0.05, 0) is 30.9 Å². The summed E-state index contributed by atoms with van der Waals surface area (Å²) in [6.45, 7) is 18.1. The summed E-state index contributed by atoms with van der Waals surface area (Å²) in [6.07, 6.45) is 6.67. The lowest BCUT2D eigenvalue weighted by Gasteiger charge is -2.42. The molecule has 0 saturated heterocycles. The molecular weight excluding hydrogens is 246 g/mol. The first-order chi connectivity index (χ1) is 9.03. The standard InChI is InChI=1S/C17H29N3/c1-12(2)19-11-14(17(6,7)8)20-15(19)13(9-10-18-20)16(3,4)5/h9-12,15H,1-8H3. The normalized spacial score (nSPS) is 23.1. The lowest BCUT2D eigenvalue weighted by molar-refractivity contribution is 0.121. The van der Waals surface area contributed by atoms with E-state index in [-0.39, 0.29) is 17.0 Å². The second-order valence-corrected chi connectivity index (χ2v) is 8.16. The van der Waals surface area contributed by atoms with E-state index < -0.39 is 0 Å². The Balaban J connectivity index is 2.48. The van der Waals surface area contributed by atoms with Crippen LogP contribution in [0.15, 0.2) is 28.6 Å². The van der Waals surface area contributed by atoms with E-state index in [9.17, 15) is 0 Å². The van der Waals surface area contributed by atoms with Crippen LogP contribution >= 0.6 is 0 Å². The quantitative estimate of drug-likeness (QED) is 0.714. The lowest BCUT2D eigenvalue weighted by atomic mass is 9.83. The van der Waals surface area contributed by atoms with Gasteiger partial charge in [0.25, 0.3) is 0 Å². The van der Waals surface area contributed by atoms with Gasteiger partial charge in [0.1, 0.15) is 6.17 Å². The first-order valence-corrected chi connectivity index (χ1v) is 7.57. The molecule has 0 N–H and O–H groups in total. The minimum Gasteiger partial charge on any atom is -0.348 e. The Morgan fingerprint density at radius 3 is 2.10 bits per heavy atom. The molecule has 0 amide bonds. The number of hydrazone groups is 1. The van der Waals surface area contributed by atoms with Crippen LogP contribution in [0.1, 0.15) is 55.4 Å². The minimum absolute atomic E-state index is 0.0968. The maximum atomic E-state index is 4.66. The average molecular weight is 275 g/mol. The van der Waals surface area contributed by atoms with Crippen LogP contribution in [-0.2, 0) is 0 Å². The van der Waals surface area contributed by atoms with Crippen molar-refractivity contribution in [2.24, 2.45) is 15.9 Å². The molecule has 3 heteroatoms. The molecule has 3 nitrogen and oxygen atoms in total. The van der Waals surface area contributed by atoms with Crippen molar-refractivity contribution in [1.82, 2.24) is 9.91 Å². The van der Waals surface area contributed by atoms with Crippen LogP contribution in [0.4, 0.5) is 0 Å². The third kappa shape index (κ3) is 2.50. The topological polar surface area (TPSA) is 18.8 Å². The zero-order valence-corrected chi connectivity index (χ0v) is 14.2. The highest BCUT2D eigenvalue weighted by atomic mass is 15.6. The molecule has 1 atom stereocenters. The molecule has 2 aliphatic rings. The summed E-state index contributed by atoms with van der Waals surface area (Å²) in [6, 6.07) is 0.460. The Bertz CT molecular complexity index is 469. The first-order valence-electron chi connectivity index (χ1n) is 7.57. The van der Waals surface area contributed by atoms with Crippen molar-refractivity contribution in [2.75, 3.05) is 0 Å². The van der Waals surface area contributed by atoms with Crippen molar-refractivity contribution in [2.45, 2.75) is 67.6 Å². The highest BCUT2D eigenvalue weighted by Gasteiger charge is 2.43. The molecule has 2 aliphatic heterocycles. The van der Waals surface area contributed by atoms with Gasteiger partial charge in [0.05, 0.1) is 5.70 Å². The lowest BCUT2D eigenvalue weighted by Crippen LogP contribution is -2.46. The van der Waals surface area contributed by atoms with Crippen molar-refractivity contribution in [1.29, 1.82) is 0 Å². The van der Waals surface area contributed by atoms with Gasteiger partial charge in [-0.1, -0.05) is 41.5 Å². The average Bonchev–Trinajstić information content (AvgIpc) is 2.65. The number of hydrogen-bond acceptors (Lipinski definition) is 3. The Hall–Kier alpha value is -1.25. The van der Waals surface area contributed by atoms with E-state index in [1.165, 1.54) is 11.3 Å². The Morgan fingerprint density at radius 1 is 1.05 bits per heavy atom. The fraction of sp³-hybridized carbons (Fsp3) is 0.706. The molecule has 20 heavy (non-hydrogen) atoms. The Kier molecular flexibility index (Phi) is 3.52. The predicted octanol–water partition coefficient (Wildman–Crippen LogP) is 4.20. The molecule has 0 aliphatic carbocycles. The van der Waals surface area contributed by atoms with E-state index in [0.717, 1.165) is 0 Å². The van der Waals surface area contributed by atoms with Crippen LogP contribution in [0.5, 0.6) is 0 Å². The smallest absolute Gasteiger partial charge is 0.146 e. The van der Waals surface area contributed by atoms with E-state index in [1.54, 1.807) is 0 Å². The highest BCUT2D eigenvalue weighted by molar-refractivity contribution is 5.74. The molecule has 0 radical (unpaired) electrons. The summed E-state index contributed by atoms with van der Waals surface area (Å²) >= 11 is 0. The van der Waals surface area contributed by atoms with Crippen molar-refractivity contribution in [3.05, 3.63) is 23.5 Å².